The average Bonchev–Trinajstić information content (AvgIpc) is 3.15. The summed E-state index contributed by atoms with van der Waals surface area (Å²) in [5.74, 6) is 0.185. The molecule has 6 heteroatoms. The van der Waals surface area contributed by atoms with Crippen LogP contribution in [-0.2, 0) is 22.6 Å². The summed E-state index contributed by atoms with van der Waals surface area (Å²) in [7, 11) is 0. The molecule has 112 valence electrons. The van der Waals surface area contributed by atoms with Crippen molar-refractivity contribution in [1.82, 2.24) is 10.1 Å². The SMILES string of the molecule is Cc1nc(CC(=O)OCc2cc(-c3ccccc3)no2)cs1. The van der Waals surface area contributed by atoms with E-state index in [2.05, 4.69) is 10.1 Å². The minimum Gasteiger partial charge on any atom is -0.457 e. The fourth-order valence-corrected chi connectivity index (χ4v) is 2.58. The number of nitrogens with zero attached hydrogens (tertiary/aromatic N) is 2. The third-order valence-electron chi connectivity index (χ3n) is 3.00. The number of aromatic nitrogens is 2. The van der Waals surface area contributed by atoms with Crippen molar-refractivity contribution in [3.63, 3.8) is 0 Å². The van der Waals surface area contributed by atoms with Crippen LogP contribution in [0.15, 0.2) is 46.3 Å². The molecule has 3 rings (SSSR count). The molecular weight excluding hydrogens is 300 g/mol. The van der Waals surface area contributed by atoms with Gasteiger partial charge in [0.1, 0.15) is 5.69 Å². The Balaban J connectivity index is 1.56. The number of carbonyl (C=O) groups excluding carboxylic acids is 1. The fourth-order valence-electron chi connectivity index (χ4n) is 1.97. The summed E-state index contributed by atoms with van der Waals surface area (Å²) in [6, 6.07) is 11.5. The first-order valence-corrected chi connectivity index (χ1v) is 7.66. The third-order valence-corrected chi connectivity index (χ3v) is 3.82. The predicted molar refractivity (Wildman–Crippen MR) is 82.3 cm³/mol. The summed E-state index contributed by atoms with van der Waals surface area (Å²) in [5.41, 5.74) is 2.42. The van der Waals surface area contributed by atoms with Crippen molar-refractivity contribution in [2.75, 3.05) is 0 Å². The van der Waals surface area contributed by atoms with E-state index in [0.29, 0.717) is 5.76 Å². The van der Waals surface area contributed by atoms with E-state index in [1.807, 2.05) is 42.6 Å². The Bertz CT molecular complexity index is 765. The molecule has 0 saturated heterocycles. The van der Waals surface area contributed by atoms with Gasteiger partial charge in [0.15, 0.2) is 12.4 Å². The maximum atomic E-state index is 11.8. The molecule has 0 aliphatic heterocycles. The Morgan fingerprint density at radius 3 is 2.86 bits per heavy atom. The van der Waals surface area contributed by atoms with Gasteiger partial charge in [-0.3, -0.25) is 4.79 Å². The van der Waals surface area contributed by atoms with E-state index in [-0.39, 0.29) is 19.0 Å². The first kappa shape index (κ1) is 14.5. The van der Waals surface area contributed by atoms with Crippen molar-refractivity contribution in [3.05, 3.63) is 58.2 Å². The van der Waals surface area contributed by atoms with Gasteiger partial charge in [-0.15, -0.1) is 11.3 Å². The lowest BCUT2D eigenvalue weighted by Crippen LogP contribution is -2.07. The maximum absolute atomic E-state index is 11.8. The highest BCUT2D eigenvalue weighted by molar-refractivity contribution is 7.09. The number of hydrogen-bond acceptors (Lipinski definition) is 6. The van der Waals surface area contributed by atoms with Gasteiger partial charge in [0, 0.05) is 17.0 Å². The summed E-state index contributed by atoms with van der Waals surface area (Å²) in [4.78, 5) is 16.0. The Kier molecular flexibility index (Phi) is 4.29. The van der Waals surface area contributed by atoms with E-state index in [4.69, 9.17) is 9.26 Å². The number of esters is 1. The summed E-state index contributed by atoms with van der Waals surface area (Å²) in [6.45, 7) is 1.97. The second kappa shape index (κ2) is 6.53. The molecule has 22 heavy (non-hydrogen) atoms. The minimum atomic E-state index is -0.331. The topological polar surface area (TPSA) is 65.2 Å². The van der Waals surface area contributed by atoms with E-state index in [0.717, 1.165) is 22.0 Å². The third kappa shape index (κ3) is 3.59. The van der Waals surface area contributed by atoms with Crippen LogP contribution in [0, 0.1) is 6.92 Å². The molecular formula is C16H14N2O3S. The molecule has 0 amide bonds. The van der Waals surface area contributed by atoms with Crippen LogP contribution in [0.25, 0.3) is 11.3 Å². The van der Waals surface area contributed by atoms with Crippen LogP contribution in [0.3, 0.4) is 0 Å². The van der Waals surface area contributed by atoms with Crippen molar-refractivity contribution < 1.29 is 14.1 Å². The van der Waals surface area contributed by atoms with Gasteiger partial charge >= 0.3 is 5.97 Å². The number of hydrogen-bond donors (Lipinski definition) is 0. The summed E-state index contributed by atoms with van der Waals surface area (Å²) in [6.07, 6.45) is 0.171. The molecule has 1 aromatic carbocycles. The largest absolute Gasteiger partial charge is 0.457 e. The van der Waals surface area contributed by atoms with E-state index in [9.17, 15) is 4.79 Å². The molecule has 0 aliphatic rings. The van der Waals surface area contributed by atoms with Crippen molar-refractivity contribution in [1.29, 1.82) is 0 Å². The van der Waals surface area contributed by atoms with E-state index in [1.165, 1.54) is 11.3 Å². The van der Waals surface area contributed by atoms with Gasteiger partial charge in [0.2, 0.25) is 0 Å². The van der Waals surface area contributed by atoms with E-state index in [1.54, 1.807) is 6.07 Å². The van der Waals surface area contributed by atoms with Crippen LogP contribution in [0.4, 0.5) is 0 Å². The second-order valence-electron chi connectivity index (χ2n) is 4.74. The molecule has 2 aromatic heterocycles. The zero-order chi connectivity index (χ0) is 15.4. The van der Waals surface area contributed by atoms with Gasteiger partial charge in [-0.2, -0.15) is 0 Å². The van der Waals surface area contributed by atoms with Gasteiger partial charge in [-0.05, 0) is 6.92 Å². The van der Waals surface area contributed by atoms with Crippen LogP contribution in [0.1, 0.15) is 16.5 Å². The summed E-state index contributed by atoms with van der Waals surface area (Å²) < 4.78 is 10.4. The molecule has 0 saturated carbocycles. The summed E-state index contributed by atoms with van der Waals surface area (Å²) in [5, 5.41) is 6.77. The van der Waals surface area contributed by atoms with E-state index < -0.39 is 0 Å². The van der Waals surface area contributed by atoms with Crippen LogP contribution < -0.4 is 0 Å². The van der Waals surface area contributed by atoms with Crippen molar-refractivity contribution in [2.24, 2.45) is 0 Å². The van der Waals surface area contributed by atoms with Gasteiger partial charge in [0.25, 0.3) is 0 Å². The molecule has 0 aliphatic carbocycles. The number of rotatable bonds is 5. The standard InChI is InChI=1S/C16H14N2O3S/c1-11-17-13(10-22-11)7-16(19)20-9-14-8-15(18-21-14)12-5-3-2-4-6-12/h2-6,8,10H,7,9H2,1H3. The lowest BCUT2D eigenvalue weighted by Gasteiger charge is -2.00. The minimum absolute atomic E-state index is 0.0712. The highest BCUT2D eigenvalue weighted by atomic mass is 32.1. The highest BCUT2D eigenvalue weighted by Crippen LogP contribution is 2.19. The van der Waals surface area contributed by atoms with Crippen molar-refractivity contribution in [2.45, 2.75) is 20.0 Å². The molecule has 2 heterocycles. The molecule has 0 radical (unpaired) electrons. The molecule has 0 N–H and O–H groups in total. The smallest absolute Gasteiger partial charge is 0.312 e. The molecule has 3 aromatic rings. The first-order chi connectivity index (χ1) is 10.7. The van der Waals surface area contributed by atoms with Crippen molar-refractivity contribution >= 4 is 17.3 Å². The van der Waals surface area contributed by atoms with Crippen molar-refractivity contribution in [3.8, 4) is 11.3 Å². The number of aryl methyl sites for hydroxylation is 1. The maximum Gasteiger partial charge on any atom is 0.312 e. The lowest BCUT2D eigenvalue weighted by molar-refractivity contribution is -0.144. The monoisotopic (exact) mass is 314 g/mol. The second-order valence-corrected chi connectivity index (χ2v) is 5.80. The Morgan fingerprint density at radius 2 is 2.14 bits per heavy atom. The number of ether oxygens (including phenoxy) is 1. The zero-order valence-electron chi connectivity index (χ0n) is 12.0. The molecule has 0 bridgehead atoms. The van der Waals surface area contributed by atoms with E-state index >= 15 is 0 Å². The van der Waals surface area contributed by atoms with Crippen LogP contribution in [-0.4, -0.2) is 16.1 Å². The van der Waals surface area contributed by atoms with Gasteiger partial charge in [-0.1, -0.05) is 35.5 Å². The lowest BCUT2D eigenvalue weighted by atomic mass is 10.1. The van der Waals surface area contributed by atoms with Gasteiger partial charge in [-0.25, -0.2) is 4.98 Å². The quantitative estimate of drug-likeness (QED) is 0.675. The molecule has 0 atom stereocenters. The Hall–Kier alpha value is -2.47. The Morgan fingerprint density at radius 1 is 1.32 bits per heavy atom. The molecule has 0 fully saturated rings. The average molecular weight is 314 g/mol. The highest BCUT2D eigenvalue weighted by Gasteiger charge is 2.11. The fraction of sp³-hybridized carbons (Fsp3) is 0.188. The van der Waals surface area contributed by atoms with Crippen LogP contribution >= 0.6 is 11.3 Å². The Labute approximate surface area is 131 Å². The van der Waals surface area contributed by atoms with Gasteiger partial charge < -0.3 is 9.26 Å². The van der Waals surface area contributed by atoms with Crippen LogP contribution in [0.2, 0.25) is 0 Å². The first-order valence-electron chi connectivity index (χ1n) is 6.78. The molecule has 0 unspecified atom stereocenters. The summed E-state index contributed by atoms with van der Waals surface area (Å²) >= 11 is 1.51. The number of carbonyl (C=O) groups is 1. The number of benzene rings is 1. The zero-order valence-corrected chi connectivity index (χ0v) is 12.8. The molecule has 0 spiro atoms. The van der Waals surface area contributed by atoms with Gasteiger partial charge in [0.05, 0.1) is 17.1 Å². The van der Waals surface area contributed by atoms with Crippen LogP contribution in [0.5, 0.6) is 0 Å². The molecule has 5 nitrogen and oxygen atoms in total. The predicted octanol–water partition coefficient (Wildman–Crippen LogP) is 3.39. The normalized spacial score (nSPS) is 10.6. The number of thiazole rings is 1.